The molecular weight excluding hydrogens is 796 g/mol. The molecule has 0 aromatic carbocycles. The molecule has 16 heteroatoms. The molecule has 2 fully saturated rings. The number of hydrogen-bond donors (Lipinski definition) is 2. The molecule has 0 heterocycles. The maximum atomic E-state index is 11.2. The molecule has 3 aliphatic rings. The lowest BCUT2D eigenvalue weighted by Crippen LogP contribution is -2.33. The summed E-state index contributed by atoms with van der Waals surface area (Å²) in [4.78, 5) is 114. The van der Waals surface area contributed by atoms with E-state index in [4.69, 9.17) is 9.90 Å². The second-order valence-corrected chi connectivity index (χ2v) is 14.9. The first-order valence-electron chi connectivity index (χ1n) is 19.4. The summed E-state index contributed by atoms with van der Waals surface area (Å²) in [6.07, 6.45) is 10.2. The van der Waals surface area contributed by atoms with Crippen LogP contribution >= 0.6 is 0 Å². The summed E-state index contributed by atoms with van der Waals surface area (Å²) in [5.41, 5.74) is 0.887. The van der Waals surface area contributed by atoms with E-state index in [1.54, 1.807) is 6.92 Å². The molecule has 0 aromatic heterocycles. The van der Waals surface area contributed by atoms with Crippen molar-refractivity contribution >= 4 is 63.8 Å². The Balaban J connectivity index is -0.0000000952. The normalized spacial score (nSPS) is 16.8. The quantitative estimate of drug-likeness (QED) is 0.147. The van der Waals surface area contributed by atoms with E-state index < -0.39 is 17.5 Å². The lowest BCUT2D eigenvalue weighted by atomic mass is 9.88. The molecule has 0 bridgehead atoms. The van der Waals surface area contributed by atoms with E-state index in [0.717, 1.165) is 36.8 Å². The number of hydrogen-bond acceptors (Lipinski definition) is 13. The lowest BCUT2D eigenvalue weighted by Gasteiger charge is -2.22. The van der Waals surface area contributed by atoms with Gasteiger partial charge in [-0.05, 0) is 68.2 Å². The molecule has 0 amide bonds. The van der Waals surface area contributed by atoms with Crippen LogP contribution in [0.3, 0.4) is 0 Å². The standard InChI is InChI=1S/3C9H14O3.C7H9O.C6H7O.C3H6O.C2H4O2.2H2O/c1-6(10)5-7-8(11)3-4-9(7,2)12;2*1-7(10)3-5-9(12)6-4-8(2)11;1-5-3-4-7(8)6(5)2;1-5-2-3-6(7)4-5;1-3(2)4;1-2(3)4;;/h7,12H,3-5H2,1-2H3;3-6H2,1-2H3;5,12H,3-4,6H2,1-2H3;2-4H2,1H3;2-3H2,1H3;1-2H3;1H3,(H,3,4);2*1H2/q;;;2*+1;;;;/p+1. The summed E-state index contributed by atoms with van der Waals surface area (Å²) in [5.74, 6) is 0.291. The van der Waals surface area contributed by atoms with E-state index in [1.807, 2.05) is 13.8 Å². The van der Waals surface area contributed by atoms with Gasteiger partial charge >= 0.3 is 14.7 Å². The van der Waals surface area contributed by atoms with Crippen LogP contribution in [0.25, 0.3) is 0 Å². The summed E-state index contributed by atoms with van der Waals surface area (Å²) in [6, 6.07) is 0. The molecule has 3 aliphatic carbocycles. The molecule has 0 radical (unpaired) electrons. The third kappa shape index (κ3) is 47.4. The summed E-state index contributed by atoms with van der Waals surface area (Å²) in [6.45, 7) is 20.5. The SMILES string of the molecule is C=C1C(=O)CC[C+]1C.CC(=O)CC1C(=O)CCC1(C)O.CC(=O)CC=C([O-])CCC(C)=O.CC(=O)CCC(=O)CCC(C)=O.CC(=O)O.CC(C)=O.CC1=[C+]C(=O)CC1.O.O.[H+].[H+]. The topological polar surface area (TPSA) is 314 Å². The molecule has 2 saturated carbocycles. The second-order valence-electron chi connectivity index (χ2n) is 14.9. The van der Waals surface area contributed by atoms with E-state index in [2.05, 4.69) is 12.7 Å². The van der Waals surface area contributed by atoms with Gasteiger partial charge < -0.3 is 50.2 Å². The van der Waals surface area contributed by atoms with Crippen LogP contribution in [0.4, 0.5) is 0 Å². The number of carboxylic acid groups (broad SMARTS) is 1. The van der Waals surface area contributed by atoms with Crippen molar-refractivity contribution in [2.45, 2.75) is 172 Å². The molecule has 61 heavy (non-hydrogen) atoms. The smallest absolute Gasteiger partial charge is 0.876 e. The molecule has 0 aliphatic heterocycles. The number of aliphatic carboxylic acids is 1. The number of carbonyl (C=O) groups is 11. The van der Waals surface area contributed by atoms with E-state index in [1.165, 1.54) is 54.5 Å². The van der Waals surface area contributed by atoms with Gasteiger partial charge in [0.1, 0.15) is 46.3 Å². The number of carboxylic acids is 1. The predicted molar refractivity (Wildman–Crippen MR) is 230 cm³/mol. The van der Waals surface area contributed by atoms with Gasteiger partial charge in [-0.2, -0.15) is 0 Å². The number of aliphatic hydroxyl groups is 1. The fraction of sp³-hybridized carbons (Fsp3) is 0.600. The summed E-state index contributed by atoms with van der Waals surface area (Å²) in [5, 5.41) is 28.0. The Morgan fingerprint density at radius 1 is 0.770 bits per heavy atom. The number of carbonyl (C=O) groups excluding carboxylic acids is 10. The number of rotatable bonds is 13. The first kappa shape index (κ1) is 67.6. The summed E-state index contributed by atoms with van der Waals surface area (Å²) in [7, 11) is 0. The van der Waals surface area contributed by atoms with Gasteiger partial charge in [0.15, 0.2) is 11.1 Å². The van der Waals surface area contributed by atoms with Crippen LogP contribution in [0.1, 0.15) is 169 Å². The van der Waals surface area contributed by atoms with Crippen LogP contribution in [0.2, 0.25) is 0 Å². The highest BCUT2D eigenvalue weighted by molar-refractivity contribution is 6.00. The molecule has 16 nitrogen and oxygen atoms in total. The maximum Gasteiger partial charge on any atom is 1.00 e. The van der Waals surface area contributed by atoms with Crippen LogP contribution in [0, 0.1) is 17.9 Å². The van der Waals surface area contributed by atoms with Crippen molar-refractivity contribution in [1.82, 2.24) is 0 Å². The van der Waals surface area contributed by atoms with Gasteiger partial charge in [-0.1, -0.05) is 6.08 Å². The van der Waals surface area contributed by atoms with Gasteiger partial charge in [-0.3, -0.25) is 19.2 Å². The average Bonchev–Trinajstić information content (AvgIpc) is 3.71. The highest BCUT2D eigenvalue weighted by atomic mass is 16.4. The van der Waals surface area contributed by atoms with Crippen LogP contribution in [-0.4, -0.2) is 90.6 Å². The van der Waals surface area contributed by atoms with E-state index in [-0.39, 0.29) is 116 Å². The van der Waals surface area contributed by atoms with Crippen LogP contribution < -0.4 is 5.11 Å². The molecule has 0 spiro atoms. The van der Waals surface area contributed by atoms with Crippen molar-refractivity contribution in [3.05, 3.63) is 41.6 Å². The fourth-order valence-corrected chi connectivity index (χ4v) is 4.61. The molecule has 3 rings (SSSR count). The molecule has 2 atom stereocenters. The van der Waals surface area contributed by atoms with Crippen molar-refractivity contribution < 1.29 is 81.9 Å². The Morgan fingerprint density at radius 2 is 1.20 bits per heavy atom. The third-order valence-corrected chi connectivity index (χ3v) is 8.02. The van der Waals surface area contributed by atoms with Gasteiger partial charge in [0.25, 0.3) is 11.8 Å². The van der Waals surface area contributed by atoms with Crippen LogP contribution in [0.15, 0.2) is 29.6 Å². The van der Waals surface area contributed by atoms with Crippen molar-refractivity contribution in [1.29, 1.82) is 0 Å². The molecule has 6 N–H and O–H groups in total. The maximum absolute atomic E-state index is 11.2. The predicted octanol–water partition coefficient (Wildman–Crippen LogP) is 4.43. The first-order valence-corrected chi connectivity index (χ1v) is 19.4. The molecule has 346 valence electrons. The van der Waals surface area contributed by atoms with E-state index >= 15 is 0 Å². The Kier molecular flexibility index (Phi) is 41.9. The number of Topliss-reactive ketones (excluding diaryl/α,β-unsaturated/α-hetero) is 10. The minimum atomic E-state index is -0.956. The summed E-state index contributed by atoms with van der Waals surface area (Å²) < 4.78 is 0. The van der Waals surface area contributed by atoms with Crippen molar-refractivity contribution in [3.63, 3.8) is 0 Å². The Morgan fingerprint density at radius 3 is 1.43 bits per heavy atom. The van der Waals surface area contributed by atoms with E-state index in [0.29, 0.717) is 38.5 Å². The minimum absolute atomic E-state index is 0. The Bertz CT molecular complexity index is 1520. The van der Waals surface area contributed by atoms with Gasteiger partial charge in [0, 0.05) is 97.5 Å². The highest BCUT2D eigenvalue weighted by Gasteiger charge is 2.43. The van der Waals surface area contributed by atoms with Crippen LogP contribution in [0.5, 0.6) is 0 Å². The highest BCUT2D eigenvalue weighted by Crippen LogP contribution is 2.34. The first-order chi connectivity index (χ1) is 26.9. The number of ketones is 10. The summed E-state index contributed by atoms with van der Waals surface area (Å²) >= 11 is 0. The number of allylic oxidation sites excluding steroid dienone is 5. The van der Waals surface area contributed by atoms with Gasteiger partial charge in [-0.25, -0.2) is 9.59 Å². The largest absolute Gasteiger partial charge is 1.00 e. The van der Waals surface area contributed by atoms with Crippen molar-refractivity contribution in [2.24, 2.45) is 5.92 Å². The van der Waals surface area contributed by atoms with Crippen molar-refractivity contribution in [2.75, 3.05) is 0 Å². The van der Waals surface area contributed by atoms with Gasteiger partial charge in [0.05, 0.1) is 24.4 Å². The van der Waals surface area contributed by atoms with Gasteiger partial charge in [-0.15, -0.1) is 5.76 Å². The van der Waals surface area contributed by atoms with E-state index in [9.17, 15) is 58.2 Å². The zero-order chi connectivity index (χ0) is 47.1. The molecule has 0 aromatic rings. The van der Waals surface area contributed by atoms with Crippen LogP contribution in [-0.2, 0) is 52.7 Å². The average molecular weight is 870 g/mol. The molecular formula is C45H73O16+3. The fourth-order valence-electron chi connectivity index (χ4n) is 4.61. The second kappa shape index (κ2) is 37.8. The zero-order valence-corrected chi connectivity index (χ0v) is 38.1. The Labute approximate surface area is 364 Å². The van der Waals surface area contributed by atoms with Crippen molar-refractivity contribution in [3.8, 4) is 0 Å². The monoisotopic (exact) mass is 869 g/mol. The van der Waals surface area contributed by atoms with Gasteiger partial charge in [0.2, 0.25) is 0 Å². The Hall–Kier alpha value is -5.15. The zero-order valence-electron chi connectivity index (χ0n) is 40.1. The molecule has 0 saturated heterocycles. The lowest BCUT2D eigenvalue weighted by molar-refractivity contribution is -0.307. The minimum Gasteiger partial charge on any atom is -0.876 e. The third-order valence-electron chi connectivity index (χ3n) is 8.02. The molecule has 2 unspecified atom stereocenters.